The summed E-state index contributed by atoms with van der Waals surface area (Å²) < 4.78 is 39.7. The summed E-state index contributed by atoms with van der Waals surface area (Å²) in [6.45, 7) is -0.0464. The Kier molecular flexibility index (Phi) is 5.30. The van der Waals surface area contributed by atoms with Crippen molar-refractivity contribution in [1.29, 1.82) is 0 Å². The molecule has 0 aromatic heterocycles. The molecule has 21 heavy (non-hydrogen) atoms. The van der Waals surface area contributed by atoms with Crippen LogP contribution >= 0.6 is 0 Å². The minimum atomic E-state index is -3.41. The first-order chi connectivity index (χ1) is 9.98. The van der Waals surface area contributed by atoms with Crippen LogP contribution in [0.1, 0.15) is 36.0 Å². The molecule has 1 aliphatic rings. The Morgan fingerprint density at radius 2 is 1.90 bits per heavy atom. The van der Waals surface area contributed by atoms with Crippen LogP contribution in [0, 0.1) is 5.82 Å². The van der Waals surface area contributed by atoms with E-state index in [9.17, 15) is 17.6 Å². The molecule has 0 unspecified atom stereocenters. The molecule has 0 radical (unpaired) electrons. The second-order valence-corrected chi connectivity index (χ2v) is 7.03. The maximum absolute atomic E-state index is 13.4. The maximum Gasteiger partial charge on any atom is 0.254 e. The number of amides is 1. The minimum absolute atomic E-state index is 0.0114. The number of hydrogen-bond donors (Lipinski definition) is 2. The smallest absolute Gasteiger partial charge is 0.254 e. The summed E-state index contributed by atoms with van der Waals surface area (Å²) >= 11 is 0. The molecule has 0 saturated heterocycles. The van der Waals surface area contributed by atoms with Crippen LogP contribution in [0.3, 0.4) is 0 Å². The highest BCUT2D eigenvalue weighted by molar-refractivity contribution is 7.89. The minimum Gasteiger partial charge on any atom is -0.351 e. The summed E-state index contributed by atoms with van der Waals surface area (Å²) in [6, 6.07) is 5.60. The van der Waals surface area contributed by atoms with Gasteiger partial charge in [0.05, 0.1) is 11.3 Å². The molecule has 1 fully saturated rings. The molecule has 1 aromatic carbocycles. The quantitative estimate of drug-likeness (QED) is 0.834. The highest BCUT2D eigenvalue weighted by Gasteiger charge is 2.21. The zero-order valence-corrected chi connectivity index (χ0v) is 12.5. The summed E-state index contributed by atoms with van der Waals surface area (Å²) in [5.41, 5.74) is -0.0846. The number of carbonyl (C=O) groups is 1. The van der Waals surface area contributed by atoms with Gasteiger partial charge in [-0.2, -0.15) is 0 Å². The topological polar surface area (TPSA) is 75.3 Å². The Bertz CT molecular complexity index is 598. The van der Waals surface area contributed by atoms with Crippen LogP contribution in [-0.2, 0) is 10.0 Å². The van der Waals surface area contributed by atoms with Gasteiger partial charge in [-0.3, -0.25) is 4.79 Å². The third-order valence-electron chi connectivity index (χ3n) is 3.48. The van der Waals surface area contributed by atoms with Crippen LogP contribution in [-0.4, -0.2) is 32.7 Å². The van der Waals surface area contributed by atoms with Gasteiger partial charge in [-0.15, -0.1) is 0 Å². The third-order valence-corrected chi connectivity index (χ3v) is 4.91. The lowest BCUT2D eigenvalue weighted by molar-refractivity contribution is 0.0952. The molecule has 0 bridgehead atoms. The number of rotatable bonds is 6. The number of halogens is 1. The van der Waals surface area contributed by atoms with Gasteiger partial charge in [-0.25, -0.2) is 17.5 Å². The van der Waals surface area contributed by atoms with Crippen LogP contribution in [0.5, 0.6) is 0 Å². The Morgan fingerprint density at radius 1 is 1.24 bits per heavy atom. The van der Waals surface area contributed by atoms with Crippen LogP contribution in [0.25, 0.3) is 0 Å². The molecule has 2 N–H and O–H groups in total. The van der Waals surface area contributed by atoms with Crippen molar-refractivity contribution in [3.8, 4) is 0 Å². The molecule has 1 saturated carbocycles. The van der Waals surface area contributed by atoms with E-state index in [1.54, 1.807) is 6.07 Å². The summed E-state index contributed by atoms with van der Waals surface area (Å²) in [6.07, 6.45) is 3.80. The van der Waals surface area contributed by atoms with E-state index in [2.05, 4.69) is 10.0 Å². The van der Waals surface area contributed by atoms with Gasteiger partial charge >= 0.3 is 0 Å². The summed E-state index contributed by atoms with van der Waals surface area (Å²) in [4.78, 5) is 11.7. The zero-order valence-electron chi connectivity index (χ0n) is 11.6. The first-order valence-electron chi connectivity index (χ1n) is 7.01. The lowest BCUT2D eigenvalue weighted by atomic mass is 10.2. The van der Waals surface area contributed by atoms with Gasteiger partial charge in [0.2, 0.25) is 10.0 Å². The van der Waals surface area contributed by atoms with E-state index in [-0.39, 0.29) is 23.9 Å². The predicted molar refractivity (Wildman–Crippen MR) is 77.9 cm³/mol. The van der Waals surface area contributed by atoms with E-state index in [1.165, 1.54) is 18.2 Å². The fourth-order valence-corrected chi connectivity index (χ4v) is 3.63. The number of carbonyl (C=O) groups excluding carboxylic acids is 1. The second kappa shape index (κ2) is 7.00. The van der Waals surface area contributed by atoms with Crippen LogP contribution in [0.2, 0.25) is 0 Å². The lowest BCUT2D eigenvalue weighted by Crippen LogP contribution is -2.38. The van der Waals surface area contributed by atoms with E-state index in [0.717, 1.165) is 25.7 Å². The molecule has 116 valence electrons. The fourth-order valence-electron chi connectivity index (χ4n) is 2.40. The molecule has 0 heterocycles. The molecule has 7 heteroatoms. The SMILES string of the molecule is O=C(NCCS(=O)(=O)NC1CCCC1)c1ccccc1F. The Morgan fingerprint density at radius 3 is 2.57 bits per heavy atom. The van der Waals surface area contributed by atoms with Gasteiger partial charge in [-0.05, 0) is 25.0 Å². The van der Waals surface area contributed by atoms with Crippen molar-refractivity contribution in [2.45, 2.75) is 31.7 Å². The van der Waals surface area contributed by atoms with Gasteiger partial charge in [-0.1, -0.05) is 25.0 Å². The number of hydrogen-bond acceptors (Lipinski definition) is 3. The first-order valence-corrected chi connectivity index (χ1v) is 8.66. The van der Waals surface area contributed by atoms with Gasteiger partial charge < -0.3 is 5.32 Å². The van der Waals surface area contributed by atoms with Crippen LogP contribution in [0.4, 0.5) is 4.39 Å². The number of nitrogens with one attached hydrogen (secondary N) is 2. The van der Waals surface area contributed by atoms with Crippen LogP contribution in [0.15, 0.2) is 24.3 Å². The monoisotopic (exact) mass is 314 g/mol. The fraction of sp³-hybridized carbons (Fsp3) is 0.500. The van der Waals surface area contributed by atoms with Crippen LogP contribution < -0.4 is 10.0 Å². The molecule has 2 rings (SSSR count). The average molecular weight is 314 g/mol. The van der Waals surface area contributed by atoms with Gasteiger partial charge in [0.1, 0.15) is 5.82 Å². The number of benzene rings is 1. The van der Waals surface area contributed by atoms with Crippen molar-refractivity contribution in [3.63, 3.8) is 0 Å². The summed E-state index contributed by atoms with van der Waals surface area (Å²) in [7, 11) is -3.41. The van der Waals surface area contributed by atoms with Crippen molar-refractivity contribution < 1.29 is 17.6 Å². The van der Waals surface area contributed by atoms with Crippen molar-refractivity contribution in [2.24, 2.45) is 0 Å². The lowest BCUT2D eigenvalue weighted by Gasteiger charge is -2.12. The maximum atomic E-state index is 13.4. The largest absolute Gasteiger partial charge is 0.351 e. The van der Waals surface area contributed by atoms with Crippen molar-refractivity contribution in [2.75, 3.05) is 12.3 Å². The Balaban J connectivity index is 1.80. The Labute approximate surface area is 124 Å². The van der Waals surface area contributed by atoms with E-state index in [4.69, 9.17) is 0 Å². The molecular formula is C14H19FN2O3S. The predicted octanol–water partition coefficient (Wildman–Crippen LogP) is 1.42. The average Bonchev–Trinajstić information content (AvgIpc) is 2.90. The summed E-state index contributed by atoms with van der Waals surface area (Å²) in [5.74, 6) is -1.44. The molecule has 0 aliphatic heterocycles. The van der Waals surface area contributed by atoms with Crippen molar-refractivity contribution in [3.05, 3.63) is 35.6 Å². The first kappa shape index (κ1) is 15.9. The van der Waals surface area contributed by atoms with E-state index in [0.29, 0.717) is 0 Å². The molecule has 1 amide bonds. The zero-order chi connectivity index (χ0) is 15.3. The molecule has 0 spiro atoms. The highest BCUT2D eigenvalue weighted by atomic mass is 32.2. The van der Waals surface area contributed by atoms with E-state index < -0.39 is 21.7 Å². The third kappa shape index (κ3) is 4.78. The van der Waals surface area contributed by atoms with Gasteiger partial charge in [0.25, 0.3) is 5.91 Å². The standard InChI is InChI=1S/C14H19FN2O3S/c15-13-8-4-3-7-12(13)14(18)16-9-10-21(19,20)17-11-5-1-2-6-11/h3-4,7-8,11,17H,1-2,5-6,9-10H2,(H,16,18). The molecule has 0 atom stereocenters. The van der Waals surface area contributed by atoms with Crippen molar-refractivity contribution >= 4 is 15.9 Å². The van der Waals surface area contributed by atoms with E-state index in [1.807, 2.05) is 0 Å². The van der Waals surface area contributed by atoms with Gasteiger partial charge in [0.15, 0.2) is 0 Å². The molecule has 1 aromatic rings. The molecular weight excluding hydrogens is 295 g/mol. The Hall–Kier alpha value is -1.47. The normalized spacial score (nSPS) is 16.0. The highest BCUT2D eigenvalue weighted by Crippen LogP contribution is 2.18. The molecule has 1 aliphatic carbocycles. The second-order valence-electron chi connectivity index (χ2n) is 5.15. The van der Waals surface area contributed by atoms with Crippen molar-refractivity contribution in [1.82, 2.24) is 10.0 Å². The van der Waals surface area contributed by atoms with Gasteiger partial charge in [0, 0.05) is 12.6 Å². The summed E-state index contributed by atoms with van der Waals surface area (Å²) in [5, 5.41) is 2.42. The molecule has 5 nitrogen and oxygen atoms in total. The number of sulfonamides is 1. The van der Waals surface area contributed by atoms with E-state index >= 15 is 0 Å².